The minimum absolute atomic E-state index is 0.00740. The van der Waals surface area contributed by atoms with Crippen molar-refractivity contribution in [2.75, 3.05) is 37.9 Å². The van der Waals surface area contributed by atoms with E-state index in [0.717, 1.165) is 111 Å². The molecule has 2 aliphatic heterocycles. The molecule has 0 spiro atoms. The Bertz CT molecular complexity index is 3030. The summed E-state index contributed by atoms with van der Waals surface area (Å²) in [6, 6.07) is 55.5. The maximum Gasteiger partial charge on any atom is 0.183 e. The fraction of sp³-hybridized carbons (Fsp3) is 0.207. The molecule has 0 unspecified atom stereocenters. The molecule has 0 saturated carbocycles. The molecule has 2 fully saturated rings. The monoisotopic (exact) mass is 900 g/mol. The molecule has 0 aliphatic carbocycles. The first-order valence-electron chi connectivity index (χ1n) is 22.8. The molecule has 9 heteroatoms. The molecule has 67 heavy (non-hydrogen) atoms. The Morgan fingerprint density at radius 2 is 0.701 bits per heavy atom. The number of nitrogens with two attached hydrogens (primary N) is 2. The lowest BCUT2D eigenvalue weighted by atomic mass is 9.86. The van der Waals surface area contributed by atoms with Crippen LogP contribution in [-0.2, 0) is 18.9 Å². The fourth-order valence-electron chi connectivity index (χ4n) is 9.27. The summed E-state index contributed by atoms with van der Waals surface area (Å²) < 4.78 is 34.8. The highest BCUT2D eigenvalue weighted by atomic mass is 32.1. The first kappa shape index (κ1) is 42.9. The first-order chi connectivity index (χ1) is 32.4. The third-order valence-electron chi connectivity index (χ3n) is 12.9. The van der Waals surface area contributed by atoms with Crippen molar-refractivity contribution in [3.05, 3.63) is 169 Å². The SMILES string of the molecule is CC1(C)COC(c2ccc(-c3cc(-c4ccc(N)cc4)cc(-c4c5ccccc5c(-c5cc(-c6ccc(N)cc6)cc(-c6ccc(C7OCC(C)(C)CO7)cc6)c5)c5nsnc45)c3)cc2)OC1. The smallest absolute Gasteiger partial charge is 0.183 e. The van der Waals surface area contributed by atoms with E-state index < -0.39 is 0 Å². The molecule has 0 amide bonds. The Morgan fingerprint density at radius 1 is 0.403 bits per heavy atom. The number of hydrogen-bond donors (Lipinski definition) is 2. The maximum absolute atomic E-state index is 6.20. The van der Waals surface area contributed by atoms with Crippen molar-refractivity contribution in [3.63, 3.8) is 0 Å². The Labute approximate surface area is 395 Å². The summed E-state index contributed by atoms with van der Waals surface area (Å²) in [5.74, 6) is 0. The van der Waals surface area contributed by atoms with E-state index in [0.29, 0.717) is 26.4 Å². The van der Waals surface area contributed by atoms with Gasteiger partial charge in [-0.05, 0) is 127 Å². The van der Waals surface area contributed by atoms with E-state index in [4.69, 9.17) is 39.2 Å². The zero-order chi connectivity index (χ0) is 45.9. The van der Waals surface area contributed by atoms with E-state index in [9.17, 15) is 0 Å². The van der Waals surface area contributed by atoms with Gasteiger partial charge in [0.05, 0.1) is 38.2 Å². The average Bonchev–Trinajstić information content (AvgIpc) is 3.83. The van der Waals surface area contributed by atoms with Crippen molar-refractivity contribution in [2.45, 2.75) is 40.3 Å². The van der Waals surface area contributed by atoms with E-state index in [1.54, 1.807) is 0 Å². The van der Waals surface area contributed by atoms with Crippen LogP contribution in [0.3, 0.4) is 0 Å². The van der Waals surface area contributed by atoms with E-state index >= 15 is 0 Å². The van der Waals surface area contributed by atoms with Gasteiger partial charge in [-0.25, -0.2) is 0 Å². The second-order valence-electron chi connectivity index (χ2n) is 19.6. The van der Waals surface area contributed by atoms with Gasteiger partial charge < -0.3 is 30.4 Å². The molecule has 11 rings (SSSR count). The van der Waals surface area contributed by atoms with E-state index in [2.05, 4.69) is 161 Å². The maximum atomic E-state index is 6.20. The van der Waals surface area contributed by atoms with Gasteiger partial charge in [-0.2, -0.15) is 8.75 Å². The summed E-state index contributed by atoms with van der Waals surface area (Å²) in [6.07, 6.45) is -0.773. The van der Waals surface area contributed by atoms with E-state index in [-0.39, 0.29) is 23.4 Å². The van der Waals surface area contributed by atoms with Gasteiger partial charge in [0.15, 0.2) is 12.6 Å². The average molecular weight is 901 g/mol. The molecular weight excluding hydrogens is 849 g/mol. The van der Waals surface area contributed by atoms with Gasteiger partial charge in [-0.3, -0.25) is 0 Å². The number of ether oxygens (including phenoxy) is 4. The summed E-state index contributed by atoms with van der Waals surface area (Å²) in [7, 11) is 0. The Morgan fingerprint density at radius 3 is 1.03 bits per heavy atom. The van der Waals surface area contributed by atoms with Gasteiger partial charge in [0.2, 0.25) is 0 Å². The largest absolute Gasteiger partial charge is 0.399 e. The van der Waals surface area contributed by atoms with Crippen LogP contribution in [0.5, 0.6) is 0 Å². The highest BCUT2D eigenvalue weighted by Crippen LogP contribution is 2.46. The quantitative estimate of drug-likeness (QED) is 0.145. The van der Waals surface area contributed by atoms with Crippen LogP contribution < -0.4 is 11.5 Å². The van der Waals surface area contributed by atoms with Gasteiger partial charge >= 0.3 is 0 Å². The molecule has 8 nitrogen and oxygen atoms in total. The lowest BCUT2D eigenvalue weighted by Crippen LogP contribution is -2.33. The van der Waals surface area contributed by atoms with Crippen LogP contribution >= 0.6 is 11.7 Å². The van der Waals surface area contributed by atoms with Crippen molar-refractivity contribution in [3.8, 4) is 66.8 Å². The fourth-order valence-corrected chi connectivity index (χ4v) is 9.83. The molecule has 2 aliphatic rings. The second kappa shape index (κ2) is 17.2. The normalized spacial score (nSPS) is 16.4. The van der Waals surface area contributed by atoms with Crippen LogP contribution in [0.1, 0.15) is 51.4 Å². The summed E-state index contributed by atoms with van der Waals surface area (Å²) in [6.45, 7) is 11.2. The van der Waals surface area contributed by atoms with Crippen molar-refractivity contribution in [1.82, 2.24) is 8.75 Å². The summed E-state index contributed by atoms with van der Waals surface area (Å²) in [5, 5.41) is 2.17. The van der Waals surface area contributed by atoms with Gasteiger partial charge in [0, 0.05) is 44.5 Å². The predicted octanol–water partition coefficient (Wildman–Crippen LogP) is 14.2. The zero-order valence-corrected chi connectivity index (χ0v) is 38.9. The zero-order valence-electron chi connectivity index (χ0n) is 38.1. The number of hydrogen-bond acceptors (Lipinski definition) is 9. The number of anilines is 2. The van der Waals surface area contributed by atoms with Crippen LogP contribution in [0.2, 0.25) is 0 Å². The summed E-state index contributed by atoms with van der Waals surface area (Å²) >= 11 is 1.24. The molecule has 0 bridgehead atoms. The Kier molecular flexibility index (Phi) is 11.0. The van der Waals surface area contributed by atoms with Crippen molar-refractivity contribution in [2.24, 2.45) is 10.8 Å². The van der Waals surface area contributed by atoms with E-state index in [1.165, 1.54) is 11.7 Å². The van der Waals surface area contributed by atoms with Crippen LogP contribution in [0.25, 0.3) is 88.6 Å². The molecule has 1 aromatic heterocycles. The Hall–Kier alpha value is -6.72. The molecule has 8 aromatic carbocycles. The van der Waals surface area contributed by atoms with Crippen molar-refractivity contribution >= 4 is 44.9 Å². The lowest BCUT2D eigenvalue weighted by Gasteiger charge is -2.34. The highest BCUT2D eigenvalue weighted by Gasteiger charge is 2.31. The number of rotatable bonds is 8. The minimum atomic E-state index is -0.387. The van der Waals surface area contributed by atoms with Gasteiger partial charge in [-0.1, -0.05) is 125 Å². The number of fused-ring (bicyclic) bond motifs is 2. The van der Waals surface area contributed by atoms with Gasteiger partial charge in [-0.15, -0.1) is 0 Å². The van der Waals surface area contributed by atoms with Gasteiger partial charge in [0.25, 0.3) is 0 Å². The molecular formula is C58H52N4O4S. The van der Waals surface area contributed by atoms with E-state index in [1.807, 2.05) is 24.3 Å². The second-order valence-corrected chi connectivity index (χ2v) is 20.1. The number of nitrogen functional groups attached to an aromatic ring is 2. The lowest BCUT2D eigenvalue weighted by molar-refractivity contribution is -0.226. The number of benzene rings is 8. The third-order valence-corrected chi connectivity index (χ3v) is 13.4. The molecule has 2 saturated heterocycles. The van der Waals surface area contributed by atoms with Crippen LogP contribution in [0.15, 0.2) is 158 Å². The topological polar surface area (TPSA) is 115 Å². The standard InChI is InChI=1S/C58H52N4O4S/c1-57(2)31-63-55(64-32-57)39-13-9-35(10-14-39)41-25-43(37-17-21-47(59)22-18-37)29-45(27-41)51-49-7-5-6-8-50(49)52(54-53(51)61-67-62-54)46-28-42(26-44(30-46)38-19-23-48(60)24-20-38)36-11-15-40(16-12-36)56-65-33-58(3,4)34-66-56/h5-30,55-56H,31-34,59-60H2,1-4H3. The minimum Gasteiger partial charge on any atom is -0.399 e. The molecule has 3 heterocycles. The molecule has 4 N–H and O–H groups in total. The van der Waals surface area contributed by atoms with Crippen LogP contribution in [0.4, 0.5) is 11.4 Å². The highest BCUT2D eigenvalue weighted by molar-refractivity contribution is 7.00. The summed E-state index contributed by atoms with van der Waals surface area (Å²) in [4.78, 5) is 0. The first-order valence-corrected chi connectivity index (χ1v) is 23.5. The molecule has 0 radical (unpaired) electrons. The number of aromatic nitrogens is 2. The molecule has 9 aromatic rings. The van der Waals surface area contributed by atoms with Crippen molar-refractivity contribution in [1.29, 1.82) is 0 Å². The number of nitrogens with zero attached hydrogens (tertiary/aromatic N) is 2. The van der Waals surface area contributed by atoms with Crippen LogP contribution in [0, 0.1) is 10.8 Å². The summed E-state index contributed by atoms with van der Waals surface area (Å²) in [5.41, 5.74) is 30.2. The predicted molar refractivity (Wildman–Crippen MR) is 273 cm³/mol. The molecule has 0 atom stereocenters. The van der Waals surface area contributed by atoms with Gasteiger partial charge in [0.1, 0.15) is 11.0 Å². The third kappa shape index (κ3) is 8.61. The molecule has 334 valence electrons. The van der Waals surface area contributed by atoms with Crippen molar-refractivity contribution < 1.29 is 18.9 Å². The Balaban J connectivity index is 1.05. The van der Waals surface area contributed by atoms with Crippen LogP contribution in [-0.4, -0.2) is 35.2 Å².